The molecule has 2 heterocycles. The Bertz CT molecular complexity index is 902. The number of aryl methyl sites for hydroxylation is 1. The van der Waals surface area contributed by atoms with Gasteiger partial charge in [0.1, 0.15) is 0 Å². The van der Waals surface area contributed by atoms with E-state index >= 15 is 0 Å². The second-order valence-corrected chi connectivity index (χ2v) is 9.07. The maximum absolute atomic E-state index is 12.4. The minimum Gasteiger partial charge on any atom is -0.323 e. The predicted molar refractivity (Wildman–Crippen MR) is 115 cm³/mol. The molecule has 0 saturated heterocycles. The first-order valence-corrected chi connectivity index (χ1v) is 11.3. The number of nitrogens with one attached hydrogen (secondary N) is 1. The van der Waals surface area contributed by atoms with Crippen molar-refractivity contribution in [1.82, 2.24) is 14.8 Å². The average Bonchev–Trinajstić information content (AvgIpc) is 3.24. The van der Waals surface area contributed by atoms with Crippen LogP contribution in [0.4, 0.5) is 5.69 Å². The molecule has 0 fully saturated rings. The normalized spacial score (nSPS) is 10.9. The highest BCUT2D eigenvalue weighted by molar-refractivity contribution is 9.11. The molecule has 0 aliphatic carbocycles. The summed E-state index contributed by atoms with van der Waals surface area (Å²) in [6.45, 7) is 4.80. The van der Waals surface area contributed by atoms with E-state index < -0.39 is 0 Å². The summed E-state index contributed by atoms with van der Waals surface area (Å²) in [4.78, 5) is 13.5. The number of benzene rings is 1. The molecule has 26 heavy (non-hydrogen) atoms. The largest absolute Gasteiger partial charge is 0.323 e. The van der Waals surface area contributed by atoms with Crippen LogP contribution in [0.5, 0.6) is 0 Å². The predicted octanol–water partition coefficient (Wildman–Crippen LogP) is 5.59. The van der Waals surface area contributed by atoms with Gasteiger partial charge in [-0.05, 0) is 74.8 Å². The molecular weight excluding hydrogens is 500 g/mol. The van der Waals surface area contributed by atoms with Crippen LogP contribution < -0.4 is 5.32 Å². The Labute approximate surface area is 176 Å². The zero-order chi connectivity index (χ0) is 18.7. The van der Waals surface area contributed by atoms with Crippen molar-refractivity contribution in [2.75, 3.05) is 11.1 Å². The molecule has 0 atom stereocenters. The Hall–Kier alpha value is -1.16. The number of nitrogens with zero attached hydrogens (tertiary/aromatic N) is 3. The lowest BCUT2D eigenvalue weighted by Gasteiger charge is -2.11. The van der Waals surface area contributed by atoms with Gasteiger partial charge in [0.2, 0.25) is 5.91 Å². The Morgan fingerprint density at radius 3 is 2.65 bits per heavy atom. The van der Waals surface area contributed by atoms with Crippen molar-refractivity contribution < 1.29 is 4.79 Å². The molecule has 0 aliphatic rings. The monoisotopic (exact) mass is 514 g/mol. The molecule has 1 amide bonds. The summed E-state index contributed by atoms with van der Waals surface area (Å²) in [5.74, 6) is 1.01. The zero-order valence-electron chi connectivity index (χ0n) is 14.1. The summed E-state index contributed by atoms with van der Waals surface area (Å²) in [6, 6.07) is 7.95. The first-order valence-electron chi connectivity index (χ1n) is 7.85. The van der Waals surface area contributed by atoms with Crippen LogP contribution in [0.1, 0.15) is 12.5 Å². The molecule has 0 radical (unpaired) electrons. The smallest absolute Gasteiger partial charge is 0.234 e. The van der Waals surface area contributed by atoms with Crippen molar-refractivity contribution in [3.8, 4) is 10.7 Å². The first kappa shape index (κ1) is 19.6. The third-order valence-electron chi connectivity index (χ3n) is 3.56. The molecule has 0 bridgehead atoms. The molecule has 9 heteroatoms. The first-order chi connectivity index (χ1) is 12.5. The minimum absolute atomic E-state index is 0.0939. The van der Waals surface area contributed by atoms with Gasteiger partial charge in [0.25, 0.3) is 0 Å². The van der Waals surface area contributed by atoms with Crippen molar-refractivity contribution in [1.29, 1.82) is 0 Å². The van der Waals surface area contributed by atoms with Gasteiger partial charge in [0.05, 0.1) is 16.3 Å². The van der Waals surface area contributed by atoms with E-state index in [1.165, 1.54) is 11.8 Å². The van der Waals surface area contributed by atoms with Gasteiger partial charge >= 0.3 is 0 Å². The van der Waals surface area contributed by atoms with Crippen LogP contribution in [0.15, 0.2) is 43.7 Å². The molecule has 5 nitrogen and oxygen atoms in total. The van der Waals surface area contributed by atoms with Crippen LogP contribution in [0.2, 0.25) is 0 Å². The van der Waals surface area contributed by atoms with E-state index in [9.17, 15) is 4.79 Å². The van der Waals surface area contributed by atoms with E-state index in [0.717, 1.165) is 42.6 Å². The molecule has 0 saturated carbocycles. The molecule has 0 aliphatic heterocycles. The second kappa shape index (κ2) is 8.69. The van der Waals surface area contributed by atoms with Crippen LogP contribution in [0.3, 0.4) is 0 Å². The van der Waals surface area contributed by atoms with Crippen molar-refractivity contribution in [3.05, 3.63) is 44.2 Å². The molecule has 0 spiro atoms. The zero-order valence-corrected chi connectivity index (χ0v) is 18.9. The fourth-order valence-electron chi connectivity index (χ4n) is 2.39. The van der Waals surface area contributed by atoms with Gasteiger partial charge < -0.3 is 9.88 Å². The number of carbonyl (C=O) groups excluding carboxylic acids is 1. The topological polar surface area (TPSA) is 59.8 Å². The lowest BCUT2D eigenvalue weighted by Crippen LogP contribution is -2.15. The summed E-state index contributed by atoms with van der Waals surface area (Å²) in [5, 5.41) is 14.2. The maximum Gasteiger partial charge on any atom is 0.234 e. The fourth-order valence-corrected chi connectivity index (χ4v) is 5.53. The van der Waals surface area contributed by atoms with Gasteiger partial charge in [0.15, 0.2) is 11.0 Å². The Balaban J connectivity index is 1.69. The van der Waals surface area contributed by atoms with Crippen molar-refractivity contribution in [2.45, 2.75) is 25.5 Å². The van der Waals surface area contributed by atoms with Crippen LogP contribution in [-0.2, 0) is 11.3 Å². The van der Waals surface area contributed by atoms with Crippen LogP contribution in [-0.4, -0.2) is 26.4 Å². The van der Waals surface area contributed by atoms with Crippen LogP contribution in [0.25, 0.3) is 10.7 Å². The summed E-state index contributed by atoms with van der Waals surface area (Å²) in [7, 11) is 0. The highest BCUT2D eigenvalue weighted by Gasteiger charge is 2.16. The van der Waals surface area contributed by atoms with E-state index in [4.69, 9.17) is 0 Å². The molecular formula is C17H16Br2N4OS2. The number of thioether (sulfide) groups is 1. The number of anilines is 1. The molecule has 0 unspecified atom stereocenters. The second-order valence-electron chi connectivity index (χ2n) is 5.47. The third-order valence-corrected chi connectivity index (χ3v) is 6.64. The van der Waals surface area contributed by atoms with Gasteiger partial charge in [0, 0.05) is 15.5 Å². The molecule has 3 aromatic rings. The van der Waals surface area contributed by atoms with Crippen molar-refractivity contribution in [3.63, 3.8) is 0 Å². The third kappa shape index (κ3) is 4.39. The van der Waals surface area contributed by atoms with E-state index in [-0.39, 0.29) is 11.7 Å². The number of thiophene rings is 1. The van der Waals surface area contributed by atoms with Gasteiger partial charge in [-0.1, -0.05) is 17.8 Å². The lowest BCUT2D eigenvalue weighted by atomic mass is 10.2. The highest BCUT2D eigenvalue weighted by Crippen LogP contribution is 2.33. The van der Waals surface area contributed by atoms with Crippen molar-refractivity contribution in [2.24, 2.45) is 0 Å². The van der Waals surface area contributed by atoms with Gasteiger partial charge in [-0.15, -0.1) is 21.5 Å². The molecule has 1 N–H and O–H groups in total. The average molecular weight is 516 g/mol. The minimum atomic E-state index is -0.0939. The number of rotatable bonds is 6. The maximum atomic E-state index is 12.4. The summed E-state index contributed by atoms with van der Waals surface area (Å²) in [5.41, 5.74) is 1.84. The van der Waals surface area contributed by atoms with Crippen LogP contribution >= 0.6 is 55.0 Å². The van der Waals surface area contributed by atoms with Gasteiger partial charge in [-0.25, -0.2) is 0 Å². The number of halogens is 2. The number of hydrogen-bond donors (Lipinski definition) is 1. The standard InChI is InChI=1S/C17H16Br2N4OS2/c1-3-23-16(13-5-4-6-25-13)21-22-17(23)26-9-14(24)20-15-11(18)7-10(2)8-12(15)19/h4-8H,3,9H2,1-2H3,(H,20,24). The Morgan fingerprint density at radius 1 is 1.31 bits per heavy atom. The number of amides is 1. The summed E-state index contributed by atoms with van der Waals surface area (Å²) >= 11 is 10.00. The summed E-state index contributed by atoms with van der Waals surface area (Å²) in [6.07, 6.45) is 0. The SMILES string of the molecule is CCn1c(SCC(=O)Nc2c(Br)cc(C)cc2Br)nnc1-c1cccs1. The lowest BCUT2D eigenvalue weighted by molar-refractivity contribution is -0.113. The van der Waals surface area contributed by atoms with Crippen LogP contribution in [0, 0.1) is 6.92 Å². The van der Waals surface area contributed by atoms with Gasteiger partial charge in [-0.3, -0.25) is 4.79 Å². The van der Waals surface area contributed by atoms with E-state index in [0.29, 0.717) is 0 Å². The quantitative estimate of drug-likeness (QED) is 0.434. The van der Waals surface area contributed by atoms with Gasteiger partial charge in [-0.2, -0.15) is 0 Å². The Kier molecular flexibility index (Phi) is 6.55. The molecule has 2 aromatic heterocycles. The fraction of sp³-hybridized carbons (Fsp3) is 0.235. The molecule has 3 rings (SSSR count). The molecule has 1 aromatic carbocycles. The number of hydrogen-bond acceptors (Lipinski definition) is 5. The molecule has 136 valence electrons. The number of carbonyl (C=O) groups is 1. The highest BCUT2D eigenvalue weighted by atomic mass is 79.9. The Morgan fingerprint density at radius 2 is 2.04 bits per heavy atom. The summed E-state index contributed by atoms with van der Waals surface area (Å²) < 4.78 is 3.72. The van der Waals surface area contributed by atoms with E-state index in [1.54, 1.807) is 11.3 Å². The van der Waals surface area contributed by atoms with Crippen molar-refractivity contribution >= 4 is 66.6 Å². The van der Waals surface area contributed by atoms with E-state index in [2.05, 4.69) is 47.4 Å². The number of aromatic nitrogens is 3. The van der Waals surface area contributed by atoms with E-state index in [1.807, 2.05) is 48.1 Å².